The fourth-order valence-electron chi connectivity index (χ4n) is 5.38. The number of nitrogens with one attached hydrogen (secondary N) is 1. The summed E-state index contributed by atoms with van der Waals surface area (Å²) >= 11 is 0. The highest BCUT2D eigenvalue weighted by molar-refractivity contribution is 7.90. The molecule has 43 heavy (non-hydrogen) atoms. The number of benzene rings is 2. The molecule has 0 aliphatic carbocycles. The van der Waals surface area contributed by atoms with E-state index in [1.54, 1.807) is 13.8 Å². The van der Waals surface area contributed by atoms with E-state index in [-0.39, 0.29) is 36.5 Å². The molecule has 1 spiro atoms. The number of rotatable bonds is 6. The number of hydrogen-bond donors (Lipinski definition) is 1. The normalized spacial score (nSPS) is 18.0. The molecule has 1 atom stereocenters. The minimum Gasteiger partial charge on any atom is -0.341 e. The first kappa shape index (κ1) is 31.9. The minimum atomic E-state index is -4.81. The summed E-state index contributed by atoms with van der Waals surface area (Å²) in [7, 11) is -2.32. The van der Waals surface area contributed by atoms with Crippen molar-refractivity contribution in [1.29, 1.82) is 0 Å². The Hall–Kier alpha value is -4.01. The molecular formula is C28H30F4N4O6S. The third-order valence-electron chi connectivity index (χ3n) is 7.77. The zero-order valence-corrected chi connectivity index (χ0v) is 24.6. The molecular weight excluding hydrogens is 596 g/mol. The molecule has 1 N–H and O–H groups in total. The number of alkyl halides is 3. The lowest BCUT2D eigenvalue weighted by Gasteiger charge is -2.43. The average Bonchev–Trinajstić information content (AvgIpc) is 3.11. The van der Waals surface area contributed by atoms with E-state index >= 15 is 0 Å². The van der Waals surface area contributed by atoms with E-state index < -0.39 is 74.2 Å². The van der Waals surface area contributed by atoms with E-state index in [2.05, 4.69) is 5.32 Å². The van der Waals surface area contributed by atoms with Crippen LogP contribution in [-0.2, 0) is 25.6 Å². The largest absolute Gasteiger partial charge is 0.416 e. The molecule has 2 aliphatic heterocycles. The molecule has 2 aromatic rings. The minimum absolute atomic E-state index is 0.0161. The van der Waals surface area contributed by atoms with Crippen LogP contribution in [0.25, 0.3) is 0 Å². The van der Waals surface area contributed by atoms with Crippen LogP contribution in [0.4, 0.5) is 28.0 Å². The molecule has 0 radical (unpaired) electrons. The van der Waals surface area contributed by atoms with Crippen molar-refractivity contribution in [1.82, 2.24) is 15.1 Å². The van der Waals surface area contributed by atoms with Gasteiger partial charge < -0.3 is 10.2 Å². The van der Waals surface area contributed by atoms with Gasteiger partial charge in [0.15, 0.2) is 9.84 Å². The Kier molecular flexibility index (Phi) is 8.35. The summed E-state index contributed by atoms with van der Waals surface area (Å²) in [6.45, 7) is 3.12. The van der Waals surface area contributed by atoms with Gasteiger partial charge in [-0.15, -0.1) is 0 Å². The van der Waals surface area contributed by atoms with Gasteiger partial charge in [-0.25, -0.2) is 17.6 Å². The number of anilines is 1. The number of hydrogen-bond acceptors (Lipinski definition) is 6. The molecule has 2 saturated heterocycles. The van der Waals surface area contributed by atoms with Crippen molar-refractivity contribution in [3.63, 3.8) is 0 Å². The maximum Gasteiger partial charge on any atom is 0.416 e. The Bertz CT molecular complexity index is 1590. The standard InChI is InChI=1S/C28H30F4N4O6S/c1-16(2)22(33-23(37)20-14-17(28(30,31)32)8-9-21(20)29)24(38)35-12-10-27(11-13-35)25(39)34(3)26(40)36(27)18-6-5-7-19(15-18)43(4,41)42/h5-9,14-16,22H,10-13H2,1-4H3,(H,33,37). The highest BCUT2D eigenvalue weighted by Crippen LogP contribution is 2.41. The lowest BCUT2D eigenvalue weighted by Crippen LogP contribution is -2.60. The third-order valence-corrected chi connectivity index (χ3v) is 8.88. The Labute approximate surface area is 245 Å². The second-order valence-electron chi connectivity index (χ2n) is 11.0. The summed E-state index contributed by atoms with van der Waals surface area (Å²) in [5, 5.41) is 2.35. The van der Waals surface area contributed by atoms with E-state index in [1.807, 2.05) is 0 Å². The van der Waals surface area contributed by atoms with E-state index in [0.29, 0.717) is 18.2 Å². The molecule has 0 bridgehead atoms. The first-order chi connectivity index (χ1) is 19.9. The molecule has 2 aliphatic rings. The van der Waals surface area contributed by atoms with Crippen LogP contribution < -0.4 is 10.2 Å². The number of urea groups is 1. The number of likely N-dealkylation sites (N-methyl/N-ethyl adjacent to an activating group) is 1. The first-order valence-corrected chi connectivity index (χ1v) is 15.2. The number of nitrogens with zero attached hydrogens (tertiary/aromatic N) is 3. The van der Waals surface area contributed by atoms with Crippen molar-refractivity contribution in [2.75, 3.05) is 31.3 Å². The van der Waals surface area contributed by atoms with E-state index in [0.717, 1.165) is 11.2 Å². The molecule has 0 aromatic heterocycles. The number of sulfone groups is 1. The van der Waals surface area contributed by atoms with Crippen LogP contribution in [0.1, 0.15) is 42.6 Å². The zero-order valence-electron chi connectivity index (χ0n) is 23.7. The Morgan fingerprint density at radius 1 is 1.02 bits per heavy atom. The Morgan fingerprint density at radius 2 is 1.65 bits per heavy atom. The molecule has 1 unspecified atom stereocenters. The van der Waals surface area contributed by atoms with E-state index in [1.165, 1.54) is 41.1 Å². The fourth-order valence-corrected chi connectivity index (χ4v) is 6.04. The molecule has 232 valence electrons. The molecule has 15 heteroatoms. The van der Waals surface area contributed by atoms with Gasteiger partial charge in [-0.05, 0) is 55.2 Å². The number of halogens is 4. The summed E-state index contributed by atoms with van der Waals surface area (Å²) in [6.07, 6.45) is -3.83. The van der Waals surface area contributed by atoms with Gasteiger partial charge in [-0.2, -0.15) is 13.2 Å². The summed E-state index contributed by atoms with van der Waals surface area (Å²) in [6, 6.07) is 5.15. The van der Waals surface area contributed by atoms with Crippen LogP contribution in [-0.4, -0.2) is 79.9 Å². The summed E-state index contributed by atoms with van der Waals surface area (Å²) in [4.78, 5) is 56.4. The van der Waals surface area contributed by atoms with Crippen molar-refractivity contribution in [2.24, 2.45) is 5.92 Å². The quantitative estimate of drug-likeness (QED) is 0.387. The Balaban J connectivity index is 1.56. The zero-order chi connectivity index (χ0) is 32.1. The van der Waals surface area contributed by atoms with Crippen molar-refractivity contribution in [3.8, 4) is 0 Å². The number of imide groups is 1. The monoisotopic (exact) mass is 626 g/mol. The summed E-state index contributed by atoms with van der Waals surface area (Å²) in [5.41, 5.74) is -3.30. The van der Waals surface area contributed by atoms with Crippen LogP contribution in [0.5, 0.6) is 0 Å². The molecule has 10 nitrogen and oxygen atoms in total. The maximum atomic E-state index is 14.3. The van der Waals surface area contributed by atoms with Crippen molar-refractivity contribution >= 4 is 39.3 Å². The van der Waals surface area contributed by atoms with E-state index in [4.69, 9.17) is 0 Å². The molecule has 2 heterocycles. The summed E-state index contributed by atoms with van der Waals surface area (Å²) < 4.78 is 78.0. The van der Waals surface area contributed by atoms with Gasteiger partial charge in [0.2, 0.25) is 5.91 Å². The second-order valence-corrected chi connectivity index (χ2v) is 13.0. The molecule has 2 aromatic carbocycles. The fraction of sp³-hybridized carbons (Fsp3) is 0.429. The van der Waals surface area contributed by atoms with Crippen molar-refractivity contribution < 1.29 is 45.2 Å². The number of piperidine rings is 1. The summed E-state index contributed by atoms with van der Waals surface area (Å²) in [5.74, 6) is -4.05. The van der Waals surface area contributed by atoms with Crippen molar-refractivity contribution in [2.45, 2.75) is 49.3 Å². The predicted octanol–water partition coefficient (Wildman–Crippen LogP) is 3.46. The highest BCUT2D eigenvalue weighted by Gasteiger charge is 2.58. The van der Waals surface area contributed by atoms with Gasteiger partial charge in [-0.1, -0.05) is 19.9 Å². The topological polar surface area (TPSA) is 124 Å². The van der Waals surface area contributed by atoms with Gasteiger partial charge in [0, 0.05) is 32.1 Å². The molecule has 0 saturated carbocycles. The second kappa shape index (κ2) is 11.2. The number of carbonyl (C=O) groups is 4. The van der Waals surface area contributed by atoms with Crippen LogP contribution in [0.3, 0.4) is 0 Å². The smallest absolute Gasteiger partial charge is 0.341 e. The number of carbonyl (C=O) groups excluding carboxylic acids is 4. The lowest BCUT2D eigenvalue weighted by atomic mass is 9.85. The molecule has 5 amide bonds. The van der Waals surface area contributed by atoms with Crippen LogP contribution in [0.2, 0.25) is 0 Å². The van der Waals surface area contributed by atoms with Crippen LogP contribution in [0.15, 0.2) is 47.4 Å². The number of amides is 5. The number of likely N-dealkylation sites (tertiary alicyclic amines) is 1. The predicted molar refractivity (Wildman–Crippen MR) is 146 cm³/mol. The van der Waals surface area contributed by atoms with E-state index in [9.17, 15) is 45.2 Å². The van der Waals surface area contributed by atoms with Gasteiger partial charge >= 0.3 is 12.2 Å². The lowest BCUT2D eigenvalue weighted by molar-refractivity contribution is -0.139. The van der Waals surface area contributed by atoms with Crippen LogP contribution in [0, 0.1) is 11.7 Å². The SMILES string of the molecule is CC(C)C(NC(=O)c1cc(C(F)(F)F)ccc1F)C(=O)N1CCC2(CC1)C(=O)N(C)C(=O)N2c1cccc(S(C)(=O)=O)c1. The molecule has 2 fully saturated rings. The van der Waals surface area contributed by atoms with Crippen molar-refractivity contribution in [3.05, 3.63) is 59.4 Å². The van der Waals surface area contributed by atoms with Gasteiger partial charge in [0.05, 0.1) is 16.0 Å². The highest BCUT2D eigenvalue weighted by atomic mass is 32.2. The third kappa shape index (κ3) is 5.94. The maximum absolute atomic E-state index is 14.3. The van der Waals surface area contributed by atoms with Gasteiger partial charge in [-0.3, -0.25) is 24.2 Å². The van der Waals surface area contributed by atoms with Crippen LogP contribution >= 0.6 is 0 Å². The Morgan fingerprint density at radius 3 is 2.21 bits per heavy atom. The van der Waals surface area contributed by atoms with Gasteiger partial charge in [0.25, 0.3) is 11.8 Å². The molecule has 4 rings (SSSR count). The average molecular weight is 627 g/mol. The van der Waals surface area contributed by atoms with Gasteiger partial charge in [0.1, 0.15) is 17.4 Å². The first-order valence-electron chi connectivity index (χ1n) is 13.3.